The van der Waals surface area contributed by atoms with Gasteiger partial charge in [0.25, 0.3) is 10.1 Å². The molecule has 0 spiro atoms. The van der Waals surface area contributed by atoms with Crippen LogP contribution in [0.3, 0.4) is 0 Å². The Labute approximate surface area is 99.8 Å². The highest BCUT2D eigenvalue weighted by Crippen LogP contribution is 2.40. The molecule has 0 bridgehead atoms. The van der Waals surface area contributed by atoms with Crippen molar-refractivity contribution >= 4 is 17.9 Å². The Balaban J connectivity index is 2.88. The molecule has 0 saturated heterocycles. The molecule has 17 heavy (non-hydrogen) atoms. The standard InChI is InChI=1S/C7H15N2O6PS/c1-3-7(9-5-4-8(2)6-9)17(13,14)15-16(10,11)12/h4-5,7H,3,6H2,1-2H3,(H2,10,11,12). The first-order valence-electron chi connectivity index (χ1n) is 4.80. The van der Waals surface area contributed by atoms with Crippen molar-refractivity contribution in [3.63, 3.8) is 0 Å². The largest absolute Gasteiger partial charge is 0.484 e. The summed E-state index contributed by atoms with van der Waals surface area (Å²) in [5, 5.41) is -1.11. The normalized spacial score (nSPS) is 18.8. The van der Waals surface area contributed by atoms with Crippen LogP contribution in [0.15, 0.2) is 12.4 Å². The Morgan fingerprint density at radius 3 is 2.41 bits per heavy atom. The van der Waals surface area contributed by atoms with E-state index in [1.165, 1.54) is 11.1 Å². The van der Waals surface area contributed by atoms with E-state index in [9.17, 15) is 13.0 Å². The highest BCUT2D eigenvalue weighted by molar-refractivity contribution is 7.91. The van der Waals surface area contributed by atoms with Crippen molar-refractivity contribution in [2.24, 2.45) is 0 Å². The first-order chi connectivity index (χ1) is 7.65. The summed E-state index contributed by atoms with van der Waals surface area (Å²) in [7, 11) is -7.66. The van der Waals surface area contributed by atoms with Crippen LogP contribution in [0.4, 0.5) is 0 Å². The lowest BCUT2D eigenvalue weighted by atomic mass is 10.4. The zero-order chi connectivity index (χ0) is 13.3. The van der Waals surface area contributed by atoms with Gasteiger partial charge in [-0.1, -0.05) is 6.92 Å². The molecule has 0 amide bonds. The maximum Gasteiger partial charge on any atom is 0.484 e. The number of nitrogens with zero attached hydrogens (tertiary/aromatic N) is 2. The molecule has 2 N–H and O–H groups in total. The summed E-state index contributed by atoms with van der Waals surface area (Å²) in [5.74, 6) is 0. The number of rotatable bonds is 5. The maximum absolute atomic E-state index is 11.7. The highest BCUT2D eigenvalue weighted by atomic mass is 32.2. The van der Waals surface area contributed by atoms with Gasteiger partial charge in [-0.3, -0.25) is 0 Å². The molecule has 0 aliphatic carbocycles. The predicted molar refractivity (Wildman–Crippen MR) is 59.7 cm³/mol. The van der Waals surface area contributed by atoms with Crippen molar-refractivity contribution in [3.05, 3.63) is 12.4 Å². The van der Waals surface area contributed by atoms with Gasteiger partial charge in [-0.05, 0) is 6.42 Å². The summed E-state index contributed by atoms with van der Waals surface area (Å²) >= 11 is 0. The Hall–Kier alpha value is -0.600. The second-order valence-corrected chi connectivity index (χ2v) is 6.74. The Kier molecular flexibility index (Phi) is 4.21. The van der Waals surface area contributed by atoms with Gasteiger partial charge in [-0.2, -0.15) is 12.4 Å². The quantitative estimate of drug-likeness (QED) is 0.671. The molecule has 8 nitrogen and oxygen atoms in total. The average Bonchev–Trinajstić information content (AvgIpc) is 2.47. The molecule has 10 heteroatoms. The molecule has 0 saturated carbocycles. The van der Waals surface area contributed by atoms with E-state index < -0.39 is 23.3 Å². The van der Waals surface area contributed by atoms with Gasteiger partial charge in [0.1, 0.15) is 0 Å². The summed E-state index contributed by atoms with van der Waals surface area (Å²) in [6, 6.07) is 0. The van der Waals surface area contributed by atoms with Crippen LogP contribution in [-0.4, -0.2) is 47.1 Å². The van der Waals surface area contributed by atoms with Gasteiger partial charge in [-0.25, -0.2) is 4.57 Å². The first-order valence-corrected chi connectivity index (χ1v) is 7.81. The van der Waals surface area contributed by atoms with E-state index >= 15 is 0 Å². The monoisotopic (exact) mass is 286 g/mol. The van der Waals surface area contributed by atoms with Crippen molar-refractivity contribution in [1.82, 2.24) is 9.80 Å². The van der Waals surface area contributed by atoms with Crippen LogP contribution in [-0.2, 0) is 18.7 Å². The van der Waals surface area contributed by atoms with Gasteiger partial charge >= 0.3 is 7.82 Å². The van der Waals surface area contributed by atoms with Crippen molar-refractivity contribution in [2.45, 2.75) is 18.7 Å². The zero-order valence-corrected chi connectivity index (χ0v) is 11.1. The fraction of sp³-hybridized carbons (Fsp3) is 0.714. The van der Waals surface area contributed by atoms with Gasteiger partial charge in [0.15, 0.2) is 5.37 Å². The summed E-state index contributed by atoms with van der Waals surface area (Å²) in [6.07, 6.45) is 3.35. The van der Waals surface area contributed by atoms with Crippen molar-refractivity contribution in [2.75, 3.05) is 13.7 Å². The molecular formula is C7H15N2O6PS. The van der Waals surface area contributed by atoms with Gasteiger partial charge in [-0.15, -0.1) is 0 Å². The minimum Gasteiger partial charge on any atom is -0.362 e. The number of hydrogen-bond acceptors (Lipinski definition) is 6. The molecule has 0 aromatic carbocycles. The van der Waals surface area contributed by atoms with E-state index in [0.29, 0.717) is 6.67 Å². The molecule has 0 aromatic heterocycles. The number of hydrogen-bond donors (Lipinski definition) is 2. The van der Waals surface area contributed by atoms with Crippen LogP contribution in [0.25, 0.3) is 0 Å². The Bertz CT molecular complexity index is 443. The minimum absolute atomic E-state index is 0.153. The molecule has 1 atom stereocenters. The lowest BCUT2D eigenvalue weighted by molar-refractivity contribution is 0.246. The smallest absolute Gasteiger partial charge is 0.362 e. The maximum atomic E-state index is 11.7. The van der Waals surface area contributed by atoms with Crippen LogP contribution >= 0.6 is 7.82 Å². The second kappa shape index (κ2) is 4.95. The fourth-order valence-electron chi connectivity index (χ4n) is 1.53. The SMILES string of the molecule is CCC(N1C=CN(C)C1)S(=O)(=O)OP(=O)(O)O. The van der Waals surface area contributed by atoms with E-state index in [1.54, 1.807) is 25.1 Å². The third-order valence-electron chi connectivity index (χ3n) is 2.15. The van der Waals surface area contributed by atoms with Crippen LogP contribution in [0.1, 0.15) is 13.3 Å². The third-order valence-corrected chi connectivity index (χ3v) is 5.03. The van der Waals surface area contributed by atoms with Crippen LogP contribution < -0.4 is 0 Å². The molecule has 0 radical (unpaired) electrons. The molecule has 1 aliphatic rings. The average molecular weight is 286 g/mol. The van der Waals surface area contributed by atoms with Crippen LogP contribution in [0, 0.1) is 0 Å². The summed E-state index contributed by atoms with van der Waals surface area (Å²) in [6.45, 7) is 1.92. The van der Waals surface area contributed by atoms with E-state index in [-0.39, 0.29) is 6.42 Å². The van der Waals surface area contributed by atoms with Gasteiger partial charge in [0.05, 0.1) is 6.67 Å². The molecule has 0 aromatic rings. The Morgan fingerprint density at radius 1 is 1.47 bits per heavy atom. The lowest BCUT2D eigenvalue weighted by Gasteiger charge is -2.26. The first kappa shape index (κ1) is 14.5. The van der Waals surface area contributed by atoms with E-state index in [4.69, 9.17) is 9.79 Å². The minimum atomic E-state index is -5.06. The van der Waals surface area contributed by atoms with Crippen molar-refractivity contribution < 1.29 is 26.7 Å². The van der Waals surface area contributed by atoms with Gasteiger partial charge in [0, 0.05) is 19.4 Å². The van der Waals surface area contributed by atoms with E-state index in [1.807, 2.05) is 0 Å². The second-order valence-electron chi connectivity index (χ2n) is 3.63. The summed E-state index contributed by atoms with van der Waals surface area (Å²) in [5.41, 5.74) is 0. The molecule has 1 unspecified atom stereocenters. The van der Waals surface area contributed by atoms with E-state index in [0.717, 1.165) is 0 Å². The molecule has 0 fully saturated rings. The predicted octanol–water partition coefficient (Wildman–Crippen LogP) is -0.162. The van der Waals surface area contributed by atoms with Crippen molar-refractivity contribution in [1.29, 1.82) is 0 Å². The zero-order valence-electron chi connectivity index (χ0n) is 9.42. The molecule has 1 aliphatic heterocycles. The summed E-state index contributed by atoms with van der Waals surface area (Å²) < 4.78 is 37.8. The van der Waals surface area contributed by atoms with E-state index in [2.05, 4.69) is 3.97 Å². The molecular weight excluding hydrogens is 271 g/mol. The molecule has 1 rings (SSSR count). The molecule has 100 valence electrons. The fourth-order valence-corrected chi connectivity index (χ4v) is 3.88. The highest BCUT2D eigenvalue weighted by Gasteiger charge is 2.36. The van der Waals surface area contributed by atoms with Gasteiger partial charge < -0.3 is 19.6 Å². The lowest BCUT2D eigenvalue weighted by Crippen LogP contribution is -2.39. The van der Waals surface area contributed by atoms with Crippen molar-refractivity contribution in [3.8, 4) is 0 Å². The topological polar surface area (TPSA) is 107 Å². The number of phosphoric acid groups is 1. The summed E-state index contributed by atoms with van der Waals surface area (Å²) in [4.78, 5) is 20.3. The Morgan fingerprint density at radius 2 is 2.06 bits per heavy atom. The molecule has 1 heterocycles. The van der Waals surface area contributed by atoms with Gasteiger partial charge in [0.2, 0.25) is 0 Å². The van der Waals surface area contributed by atoms with Crippen LogP contribution in [0.2, 0.25) is 0 Å². The third kappa shape index (κ3) is 3.97. The van der Waals surface area contributed by atoms with Crippen LogP contribution in [0.5, 0.6) is 0 Å².